The lowest BCUT2D eigenvalue weighted by molar-refractivity contribution is 0.516. The van der Waals surface area contributed by atoms with E-state index < -0.39 is 0 Å². The van der Waals surface area contributed by atoms with Crippen molar-refractivity contribution in [1.82, 2.24) is 9.78 Å². The van der Waals surface area contributed by atoms with Crippen LogP contribution in [0.5, 0.6) is 0 Å². The zero-order valence-electron chi connectivity index (χ0n) is 13.3. The van der Waals surface area contributed by atoms with Crippen molar-refractivity contribution in [3.8, 4) is 6.07 Å². The molecule has 1 unspecified atom stereocenters. The fourth-order valence-corrected chi connectivity index (χ4v) is 2.52. The van der Waals surface area contributed by atoms with Crippen molar-refractivity contribution in [3.63, 3.8) is 0 Å². The molecule has 4 nitrogen and oxygen atoms in total. The zero-order chi connectivity index (χ0) is 15.6. The second-order valence-corrected chi connectivity index (χ2v) is 5.68. The largest absolute Gasteiger partial charge is 0.376 e. The van der Waals surface area contributed by atoms with Gasteiger partial charge in [0.2, 0.25) is 0 Å². The van der Waals surface area contributed by atoms with Gasteiger partial charge in [-0.2, -0.15) is 10.4 Å². The van der Waals surface area contributed by atoms with Gasteiger partial charge in [0.25, 0.3) is 0 Å². The maximum atomic E-state index is 8.85. The number of anilines is 1. The number of nitriles is 1. The number of rotatable bonds is 4. The molecule has 1 aromatic heterocycles. The first kappa shape index (κ1) is 15.1. The van der Waals surface area contributed by atoms with Crippen LogP contribution in [-0.2, 0) is 0 Å². The molecule has 110 valence electrons. The summed E-state index contributed by atoms with van der Waals surface area (Å²) in [5.74, 6) is 0. The van der Waals surface area contributed by atoms with E-state index in [2.05, 4.69) is 44.2 Å². The Labute approximate surface area is 126 Å². The first-order chi connectivity index (χ1) is 9.93. The maximum Gasteiger partial charge on any atom is 0.0991 e. The number of nitrogens with zero attached hydrogens (tertiary/aromatic N) is 3. The van der Waals surface area contributed by atoms with Crippen LogP contribution >= 0.6 is 0 Å². The van der Waals surface area contributed by atoms with Crippen LogP contribution in [0.1, 0.15) is 55.4 Å². The molecule has 0 aliphatic carbocycles. The van der Waals surface area contributed by atoms with E-state index in [1.807, 2.05) is 35.9 Å². The normalized spacial score (nSPS) is 12.2. The summed E-state index contributed by atoms with van der Waals surface area (Å²) >= 11 is 0. The van der Waals surface area contributed by atoms with Crippen molar-refractivity contribution >= 4 is 5.69 Å². The van der Waals surface area contributed by atoms with E-state index in [0.717, 1.165) is 22.6 Å². The van der Waals surface area contributed by atoms with Gasteiger partial charge in [0.1, 0.15) is 0 Å². The van der Waals surface area contributed by atoms with Crippen LogP contribution in [0.3, 0.4) is 0 Å². The van der Waals surface area contributed by atoms with E-state index in [9.17, 15) is 0 Å². The molecule has 0 spiro atoms. The molecule has 0 radical (unpaired) electrons. The van der Waals surface area contributed by atoms with Gasteiger partial charge in [-0.05, 0) is 52.3 Å². The molecule has 0 aliphatic rings. The van der Waals surface area contributed by atoms with E-state index in [-0.39, 0.29) is 6.04 Å². The van der Waals surface area contributed by atoms with Crippen molar-refractivity contribution in [3.05, 3.63) is 46.8 Å². The second-order valence-electron chi connectivity index (χ2n) is 5.68. The number of benzene rings is 1. The van der Waals surface area contributed by atoms with Crippen molar-refractivity contribution < 1.29 is 0 Å². The zero-order valence-corrected chi connectivity index (χ0v) is 13.3. The second kappa shape index (κ2) is 6.01. The number of hydrogen-bond donors (Lipinski definition) is 1. The fraction of sp³-hybridized carbons (Fsp3) is 0.412. The van der Waals surface area contributed by atoms with Crippen LogP contribution in [0.2, 0.25) is 0 Å². The Kier molecular flexibility index (Phi) is 4.32. The van der Waals surface area contributed by atoms with Gasteiger partial charge >= 0.3 is 0 Å². The lowest BCUT2D eigenvalue weighted by atomic mass is 10.1. The van der Waals surface area contributed by atoms with Gasteiger partial charge < -0.3 is 5.32 Å². The van der Waals surface area contributed by atoms with Crippen LogP contribution in [0, 0.1) is 25.2 Å². The fourth-order valence-electron chi connectivity index (χ4n) is 2.52. The summed E-state index contributed by atoms with van der Waals surface area (Å²) in [4.78, 5) is 0. The van der Waals surface area contributed by atoms with Crippen LogP contribution in [0.4, 0.5) is 5.69 Å². The number of hydrogen-bond acceptors (Lipinski definition) is 3. The van der Waals surface area contributed by atoms with Gasteiger partial charge in [0, 0.05) is 12.1 Å². The smallest absolute Gasteiger partial charge is 0.0991 e. The molecule has 1 heterocycles. The molecular weight excluding hydrogens is 260 g/mol. The number of aromatic nitrogens is 2. The highest BCUT2D eigenvalue weighted by molar-refractivity contribution is 5.54. The van der Waals surface area contributed by atoms with Crippen LogP contribution in [0.25, 0.3) is 0 Å². The quantitative estimate of drug-likeness (QED) is 0.917. The van der Waals surface area contributed by atoms with Crippen molar-refractivity contribution in [1.29, 1.82) is 5.26 Å². The summed E-state index contributed by atoms with van der Waals surface area (Å²) in [6.07, 6.45) is 0. The molecule has 4 heteroatoms. The molecule has 2 rings (SSSR count). The third-order valence-electron chi connectivity index (χ3n) is 3.71. The molecule has 0 saturated heterocycles. The lowest BCUT2D eigenvalue weighted by Crippen LogP contribution is -2.09. The standard InChI is InChI=1S/C17H22N4/c1-11(2)21-14(5)17(13(4)20-21)19-12(3)16-8-6-15(10-18)7-9-16/h6-9,11-12,19H,1-5H3. The third kappa shape index (κ3) is 3.08. The van der Waals surface area contributed by atoms with Gasteiger partial charge in [0.05, 0.1) is 28.7 Å². The molecular formula is C17H22N4. The number of nitrogens with one attached hydrogen (secondary N) is 1. The van der Waals surface area contributed by atoms with Crippen molar-refractivity contribution in [2.75, 3.05) is 5.32 Å². The van der Waals surface area contributed by atoms with Crippen LogP contribution in [-0.4, -0.2) is 9.78 Å². The first-order valence-corrected chi connectivity index (χ1v) is 7.26. The van der Waals surface area contributed by atoms with Crippen LogP contribution < -0.4 is 5.32 Å². The SMILES string of the molecule is Cc1nn(C(C)C)c(C)c1NC(C)c1ccc(C#N)cc1. The average molecular weight is 282 g/mol. The minimum Gasteiger partial charge on any atom is -0.376 e. The van der Waals surface area contributed by atoms with Crippen molar-refractivity contribution in [2.24, 2.45) is 0 Å². The van der Waals surface area contributed by atoms with Crippen LogP contribution in [0.15, 0.2) is 24.3 Å². The van der Waals surface area contributed by atoms with E-state index in [4.69, 9.17) is 5.26 Å². The molecule has 0 fully saturated rings. The minimum atomic E-state index is 0.167. The maximum absolute atomic E-state index is 8.85. The molecule has 0 amide bonds. The van der Waals surface area contributed by atoms with Crippen molar-refractivity contribution in [2.45, 2.75) is 46.7 Å². The highest BCUT2D eigenvalue weighted by Crippen LogP contribution is 2.27. The Morgan fingerprint density at radius 1 is 1.14 bits per heavy atom. The Balaban J connectivity index is 2.23. The highest BCUT2D eigenvalue weighted by Gasteiger charge is 2.15. The first-order valence-electron chi connectivity index (χ1n) is 7.26. The summed E-state index contributed by atoms with van der Waals surface area (Å²) in [7, 11) is 0. The summed E-state index contributed by atoms with van der Waals surface area (Å²) in [5.41, 5.74) is 5.11. The molecule has 1 aromatic carbocycles. The van der Waals surface area contributed by atoms with E-state index in [0.29, 0.717) is 11.6 Å². The third-order valence-corrected chi connectivity index (χ3v) is 3.71. The molecule has 1 N–H and O–H groups in total. The molecule has 0 bridgehead atoms. The Hall–Kier alpha value is -2.28. The monoisotopic (exact) mass is 282 g/mol. The van der Waals surface area contributed by atoms with Gasteiger partial charge in [-0.3, -0.25) is 4.68 Å². The summed E-state index contributed by atoms with van der Waals surface area (Å²) in [6.45, 7) is 10.5. The van der Waals surface area contributed by atoms with Gasteiger partial charge in [0.15, 0.2) is 0 Å². The Morgan fingerprint density at radius 2 is 1.76 bits per heavy atom. The Bertz CT molecular complexity index is 659. The lowest BCUT2D eigenvalue weighted by Gasteiger charge is -2.16. The summed E-state index contributed by atoms with van der Waals surface area (Å²) in [5, 5.41) is 17.0. The number of aryl methyl sites for hydroxylation is 1. The molecule has 0 aliphatic heterocycles. The molecule has 2 aromatic rings. The molecule has 21 heavy (non-hydrogen) atoms. The Morgan fingerprint density at radius 3 is 2.24 bits per heavy atom. The van der Waals surface area contributed by atoms with Gasteiger partial charge in [-0.1, -0.05) is 12.1 Å². The topological polar surface area (TPSA) is 53.6 Å². The van der Waals surface area contributed by atoms with Gasteiger partial charge in [-0.25, -0.2) is 0 Å². The molecule has 0 saturated carbocycles. The van der Waals surface area contributed by atoms with E-state index in [1.165, 1.54) is 0 Å². The molecule has 1 atom stereocenters. The minimum absolute atomic E-state index is 0.167. The predicted molar refractivity (Wildman–Crippen MR) is 85.3 cm³/mol. The van der Waals surface area contributed by atoms with Gasteiger partial charge in [-0.15, -0.1) is 0 Å². The predicted octanol–water partition coefficient (Wildman–Crippen LogP) is 4.13. The highest BCUT2D eigenvalue weighted by atomic mass is 15.3. The van der Waals surface area contributed by atoms with E-state index in [1.54, 1.807) is 0 Å². The average Bonchev–Trinajstić information content (AvgIpc) is 2.75. The summed E-state index contributed by atoms with van der Waals surface area (Å²) in [6, 6.07) is 10.4. The van der Waals surface area contributed by atoms with E-state index >= 15 is 0 Å². The summed E-state index contributed by atoms with van der Waals surface area (Å²) < 4.78 is 2.04.